The molecule has 3 heteroatoms. The first kappa shape index (κ1) is 12.4. The Kier molecular flexibility index (Phi) is 4.70. The number of benzene rings is 1. The van der Waals surface area contributed by atoms with E-state index in [4.69, 9.17) is 0 Å². The maximum absolute atomic E-state index is 11.6. The molecule has 0 radical (unpaired) electrons. The highest BCUT2D eigenvalue weighted by Gasteiger charge is 2.02. The lowest BCUT2D eigenvalue weighted by Crippen LogP contribution is -2.17. The van der Waals surface area contributed by atoms with Crippen molar-refractivity contribution >= 4 is 12.1 Å². The van der Waals surface area contributed by atoms with Crippen LogP contribution in [0.5, 0.6) is 0 Å². The Bertz CT molecular complexity index is 366. The minimum absolute atomic E-state index is 0.167. The van der Waals surface area contributed by atoms with E-state index in [1.54, 1.807) is 18.3 Å². The van der Waals surface area contributed by atoms with Crippen molar-refractivity contribution < 1.29 is 4.79 Å². The van der Waals surface area contributed by atoms with Crippen LogP contribution in [-0.2, 0) is 0 Å². The predicted octanol–water partition coefficient (Wildman–Crippen LogP) is 2.76. The number of nitrogens with one attached hydrogen (secondary N) is 1. The molecule has 86 valence electrons. The molecule has 0 saturated heterocycles. The van der Waals surface area contributed by atoms with Crippen LogP contribution in [0.15, 0.2) is 29.4 Å². The van der Waals surface area contributed by atoms with E-state index in [0.29, 0.717) is 11.5 Å². The normalized spacial score (nSPS) is 11.0. The molecule has 0 saturated carbocycles. The summed E-state index contributed by atoms with van der Waals surface area (Å²) in [7, 11) is 0. The zero-order chi connectivity index (χ0) is 12.0. The molecular weight excluding hydrogens is 200 g/mol. The number of carbonyl (C=O) groups excluding carboxylic acids is 1. The Morgan fingerprint density at radius 1 is 1.38 bits per heavy atom. The summed E-state index contributed by atoms with van der Waals surface area (Å²) in [6, 6.07) is 7.41. The maximum Gasteiger partial charge on any atom is 0.271 e. The van der Waals surface area contributed by atoms with Gasteiger partial charge in [-0.2, -0.15) is 5.10 Å². The molecule has 1 aromatic rings. The third-order valence-electron chi connectivity index (χ3n) is 2.15. The summed E-state index contributed by atoms with van der Waals surface area (Å²) in [5.41, 5.74) is 4.27. The molecule has 1 rings (SSSR count). The monoisotopic (exact) mass is 218 g/mol. The summed E-state index contributed by atoms with van der Waals surface area (Å²) < 4.78 is 0. The van der Waals surface area contributed by atoms with Crippen LogP contribution in [0.2, 0.25) is 0 Å². The topological polar surface area (TPSA) is 41.5 Å². The second kappa shape index (κ2) is 6.05. The van der Waals surface area contributed by atoms with Crippen molar-refractivity contribution in [3.05, 3.63) is 35.4 Å². The molecule has 1 aromatic carbocycles. The summed E-state index contributed by atoms with van der Waals surface area (Å²) in [6.07, 6.45) is 2.60. The number of aryl methyl sites for hydroxylation is 1. The minimum atomic E-state index is -0.167. The van der Waals surface area contributed by atoms with E-state index in [1.165, 1.54) is 0 Å². The molecule has 0 heterocycles. The average Bonchev–Trinajstić information content (AvgIpc) is 2.25. The van der Waals surface area contributed by atoms with Gasteiger partial charge in [0.05, 0.1) is 0 Å². The number of carbonyl (C=O) groups is 1. The van der Waals surface area contributed by atoms with Crippen LogP contribution in [-0.4, -0.2) is 12.1 Å². The Morgan fingerprint density at radius 2 is 2.00 bits per heavy atom. The predicted molar refractivity (Wildman–Crippen MR) is 66.6 cm³/mol. The lowest BCUT2D eigenvalue weighted by Gasteiger charge is -2.00. The Labute approximate surface area is 96.6 Å². The fraction of sp³-hybridized carbons (Fsp3) is 0.385. The summed E-state index contributed by atoms with van der Waals surface area (Å²) in [4.78, 5) is 11.6. The van der Waals surface area contributed by atoms with Gasteiger partial charge in [-0.3, -0.25) is 4.79 Å². The lowest BCUT2D eigenvalue weighted by molar-refractivity contribution is 0.0955. The average molecular weight is 218 g/mol. The van der Waals surface area contributed by atoms with Crippen molar-refractivity contribution in [1.82, 2.24) is 5.43 Å². The van der Waals surface area contributed by atoms with Crippen LogP contribution in [0.25, 0.3) is 0 Å². The number of nitrogens with zero attached hydrogens (tertiary/aromatic N) is 1. The summed E-state index contributed by atoms with van der Waals surface area (Å²) in [5.74, 6) is 0.389. The zero-order valence-corrected chi connectivity index (χ0v) is 10.0. The molecule has 0 fully saturated rings. The standard InChI is InChI=1S/C13H18N2O/c1-10(2)8-9-14-15-13(16)12-6-4-11(3)5-7-12/h4-7,9-10H,8H2,1-3H3,(H,15,16)/b14-9+. The first-order valence-electron chi connectivity index (χ1n) is 5.48. The Morgan fingerprint density at radius 3 is 2.56 bits per heavy atom. The Hall–Kier alpha value is -1.64. The number of hydrazone groups is 1. The second-order valence-corrected chi connectivity index (χ2v) is 4.25. The van der Waals surface area contributed by atoms with Gasteiger partial charge in [0.1, 0.15) is 0 Å². The van der Waals surface area contributed by atoms with Crippen molar-refractivity contribution in [3.8, 4) is 0 Å². The largest absolute Gasteiger partial charge is 0.271 e. The van der Waals surface area contributed by atoms with E-state index in [0.717, 1.165) is 12.0 Å². The number of hydrogen-bond donors (Lipinski definition) is 1. The van der Waals surface area contributed by atoms with Gasteiger partial charge in [-0.15, -0.1) is 0 Å². The van der Waals surface area contributed by atoms with E-state index in [9.17, 15) is 4.79 Å². The van der Waals surface area contributed by atoms with Crippen LogP contribution in [0, 0.1) is 12.8 Å². The SMILES string of the molecule is Cc1ccc(C(=O)N/N=C/CC(C)C)cc1. The van der Waals surface area contributed by atoms with Crippen molar-refractivity contribution in [2.75, 3.05) is 0 Å². The molecule has 3 nitrogen and oxygen atoms in total. The van der Waals surface area contributed by atoms with Crippen molar-refractivity contribution in [3.63, 3.8) is 0 Å². The van der Waals surface area contributed by atoms with Gasteiger partial charge in [-0.05, 0) is 31.4 Å². The van der Waals surface area contributed by atoms with E-state index in [1.807, 2.05) is 19.1 Å². The fourth-order valence-electron chi connectivity index (χ4n) is 1.14. The van der Waals surface area contributed by atoms with Gasteiger partial charge in [0.2, 0.25) is 0 Å². The van der Waals surface area contributed by atoms with E-state index in [2.05, 4.69) is 24.4 Å². The van der Waals surface area contributed by atoms with Gasteiger partial charge in [-0.1, -0.05) is 31.5 Å². The maximum atomic E-state index is 11.6. The van der Waals surface area contributed by atoms with E-state index < -0.39 is 0 Å². The first-order valence-corrected chi connectivity index (χ1v) is 5.48. The van der Waals surface area contributed by atoms with E-state index >= 15 is 0 Å². The highest BCUT2D eigenvalue weighted by atomic mass is 16.2. The number of amides is 1. The van der Waals surface area contributed by atoms with Crippen LogP contribution in [0.4, 0.5) is 0 Å². The molecule has 0 aliphatic rings. The van der Waals surface area contributed by atoms with Crippen molar-refractivity contribution in [2.45, 2.75) is 27.2 Å². The number of hydrogen-bond acceptors (Lipinski definition) is 2. The molecule has 0 aliphatic carbocycles. The molecule has 0 aliphatic heterocycles. The van der Waals surface area contributed by atoms with Crippen LogP contribution >= 0.6 is 0 Å². The quantitative estimate of drug-likeness (QED) is 0.612. The Balaban J connectivity index is 2.47. The molecule has 0 unspecified atom stereocenters. The molecular formula is C13H18N2O. The summed E-state index contributed by atoms with van der Waals surface area (Å²) in [5, 5.41) is 3.89. The van der Waals surface area contributed by atoms with Crippen molar-refractivity contribution in [2.24, 2.45) is 11.0 Å². The van der Waals surface area contributed by atoms with Crippen LogP contribution in [0.3, 0.4) is 0 Å². The molecule has 1 N–H and O–H groups in total. The smallest absolute Gasteiger partial charge is 0.267 e. The molecule has 16 heavy (non-hydrogen) atoms. The lowest BCUT2D eigenvalue weighted by atomic mass is 10.1. The highest BCUT2D eigenvalue weighted by Crippen LogP contribution is 2.02. The summed E-state index contributed by atoms with van der Waals surface area (Å²) in [6.45, 7) is 6.20. The van der Waals surface area contributed by atoms with Gasteiger partial charge in [0, 0.05) is 11.8 Å². The minimum Gasteiger partial charge on any atom is -0.267 e. The first-order chi connectivity index (χ1) is 7.59. The van der Waals surface area contributed by atoms with Crippen molar-refractivity contribution in [1.29, 1.82) is 0 Å². The van der Waals surface area contributed by atoms with Gasteiger partial charge in [-0.25, -0.2) is 5.43 Å². The summed E-state index contributed by atoms with van der Waals surface area (Å²) >= 11 is 0. The van der Waals surface area contributed by atoms with E-state index in [-0.39, 0.29) is 5.91 Å². The molecule has 1 amide bonds. The van der Waals surface area contributed by atoms with Crippen LogP contribution in [0.1, 0.15) is 36.2 Å². The highest BCUT2D eigenvalue weighted by molar-refractivity contribution is 5.94. The molecule has 0 bridgehead atoms. The van der Waals surface area contributed by atoms with Gasteiger partial charge < -0.3 is 0 Å². The zero-order valence-electron chi connectivity index (χ0n) is 10.0. The van der Waals surface area contributed by atoms with Gasteiger partial charge >= 0.3 is 0 Å². The molecule has 0 atom stereocenters. The van der Waals surface area contributed by atoms with Crippen LogP contribution < -0.4 is 5.43 Å². The number of rotatable bonds is 4. The molecule has 0 spiro atoms. The van der Waals surface area contributed by atoms with Gasteiger partial charge in [0.25, 0.3) is 5.91 Å². The van der Waals surface area contributed by atoms with Gasteiger partial charge in [0.15, 0.2) is 0 Å². The molecule has 0 aromatic heterocycles. The fourth-order valence-corrected chi connectivity index (χ4v) is 1.14. The third kappa shape index (κ3) is 4.26. The second-order valence-electron chi connectivity index (χ2n) is 4.25. The third-order valence-corrected chi connectivity index (χ3v) is 2.15.